The second-order valence-corrected chi connectivity index (χ2v) is 7.68. The Kier molecular flexibility index (Phi) is 5.58. The highest BCUT2D eigenvalue weighted by molar-refractivity contribution is 7.99. The van der Waals surface area contributed by atoms with Gasteiger partial charge in [0.05, 0.1) is 0 Å². The summed E-state index contributed by atoms with van der Waals surface area (Å²) in [4.78, 5) is 0. The Morgan fingerprint density at radius 1 is 1.14 bits per heavy atom. The zero-order chi connectivity index (χ0) is 14.5. The van der Waals surface area contributed by atoms with E-state index in [9.17, 15) is 0 Å². The normalized spacial score (nSPS) is 26.3. The average molecular weight is 308 g/mol. The third-order valence-corrected chi connectivity index (χ3v) is 5.83. The fourth-order valence-electron chi connectivity index (χ4n) is 3.43. The zero-order valence-corrected chi connectivity index (χ0v) is 14.0. The van der Waals surface area contributed by atoms with E-state index >= 15 is 0 Å². The number of thioether (sulfide) groups is 1. The largest absolute Gasteiger partial charge is 0.313 e. The van der Waals surface area contributed by atoms with E-state index in [1.807, 2.05) is 11.8 Å². The summed E-state index contributed by atoms with van der Waals surface area (Å²) in [6.07, 6.45) is 10.5. The molecule has 5 heteroatoms. The van der Waals surface area contributed by atoms with Crippen LogP contribution in [0.4, 0.5) is 0 Å². The van der Waals surface area contributed by atoms with Crippen LogP contribution in [0.3, 0.4) is 0 Å². The van der Waals surface area contributed by atoms with Crippen molar-refractivity contribution in [3.05, 3.63) is 5.82 Å². The Labute approximate surface area is 132 Å². The molecule has 1 fully saturated rings. The van der Waals surface area contributed by atoms with Crippen LogP contribution in [0.5, 0.6) is 0 Å². The lowest BCUT2D eigenvalue weighted by atomic mass is 9.87. The third kappa shape index (κ3) is 4.22. The van der Waals surface area contributed by atoms with E-state index < -0.39 is 0 Å². The fraction of sp³-hybridized carbons (Fsp3) is 0.875. The van der Waals surface area contributed by atoms with Crippen molar-refractivity contribution < 1.29 is 0 Å². The molecule has 2 heterocycles. The molecule has 0 aromatic carbocycles. The van der Waals surface area contributed by atoms with Gasteiger partial charge in [0.15, 0.2) is 5.16 Å². The van der Waals surface area contributed by atoms with Gasteiger partial charge >= 0.3 is 0 Å². The number of hydrogen-bond acceptors (Lipinski definition) is 4. The minimum Gasteiger partial charge on any atom is -0.313 e. The van der Waals surface area contributed by atoms with E-state index in [1.165, 1.54) is 50.8 Å². The van der Waals surface area contributed by atoms with Gasteiger partial charge in [0.1, 0.15) is 5.82 Å². The molecule has 3 rings (SSSR count). The second-order valence-electron chi connectivity index (χ2n) is 6.62. The van der Waals surface area contributed by atoms with Gasteiger partial charge in [0.2, 0.25) is 0 Å². The molecule has 118 valence electrons. The molecule has 1 N–H and O–H groups in total. The summed E-state index contributed by atoms with van der Waals surface area (Å²) in [5, 5.41) is 13.6. The first-order valence-electron chi connectivity index (χ1n) is 8.61. The van der Waals surface area contributed by atoms with E-state index in [-0.39, 0.29) is 0 Å². The number of nitrogens with one attached hydrogen (secondary N) is 1. The first-order valence-corrected chi connectivity index (χ1v) is 9.60. The summed E-state index contributed by atoms with van der Waals surface area (Å²) in [5.74, 6) is 3.23. The number of aryl methyl sites for hydroxylation is 1. The van der Waals surface area contributed by atoms with Crippen molar-refractivity contribution in [2.24, 2.45) is 5.92 Å². The molecule has 0 bridgehead atoms. The number of rotatable bonds is 5. The van der Waals surface area contributed by atoms with E-state index in [0.29, 0.717) is 0 Å². The SMILES string of the molecule is CC1CCC(NCCSc2nnc3n2CCCCC3)CC1. The molecule has 0 radical (unpaired) electrons. The maximum atomic E-state index is 4.38. The van der Waals surface area contributed by atoms with Crippen LogP contribution in [0, 0.1) is 5.92 Å². The van der Waals surface area contributed by atoms with Crippen molar-refractivity contribution in [3.8, 4) is 0 Å². The van der Waals surface area contributed by atoms with E-state index in [1.54, 1.807) is 0 Å². The van der Waals surface area contributed by atoms with Gasteiger partial charge in [-0.15, -0.1) is 10.2 Å². The molecule has 1 saturated carbocycles. The van der Waals surface area contributed by atoms with Crippen LogP contribution in [0.25, 0.3) is 0 Å². The van der Waals surface area contributed by atoms with Crippen LogP contribution in [0.1, 0.15) is 57.7 Å². The Bertz CT molecular complexity index is 437. The monoisotopic (exact) mass is 308 g/mol. The Morgan fingerprint density at radius 2 is 2.00 bits per heavy atom. The number of hydrogen-bond donors (Lipinski definition) is 1. The predicted octanol–water partition coefficient (Wildman–Crippen LogP) is 3.26. The lowest BCUT2D eigenvalue weighted by Crippen LogP contribution is -2.34. The van der Waals surface area contributed by atoms with Crippen molar-refractivity contribution in [1.29, 1.82) is 0 Å². The van der Waals surface area contributed by atoms with E-state index in [0.717, 1.165) is 42.4 Å². The average Bonchev–Trinajstić information content (AvgIpc) is 2.73. The molecule has 0 unspecified atom stereocenters. The lowest BCUT2D eigenvalue weighted by molar-refractivity contribution is 0.312. The summed E-state index contributed by atoms with van der Waals surface area (Å²) in [6.45, 7) is 4.58. The van der Waals surface area contributed by atoms with Gasteiger partial charge in [-0.2, -0.15) is 0 Å². The Morgan fingerprint density at radius 3 is 2.86 bits per heavy atom. The van der Waals surface area contributed by atoms with Crippen LogP contribution < -0.4 is 5.32 Å². The van der Waals surface area contributed by atoms with Gasteiger partial charge in [-0.25, -0.2) is 0 Å². The van der Waals surface area contributed by atoms with Gasteiger partial charge in [-0.05, 0) is 44.4 Å². The smallest absolute Gasteiger partial charge is 0.191 e. The lowest BCUT2D eigenvalue weighted by Gasteiger charge is -2.26. The molecule has 0 amide bonds. The van der Waals surface area contributed by atoms with Crippen molar-refractivity contribution in [2.75, 3.05) is 12.3 Å². The molecule has 2 aliphatic rings. The predicted molar refractivity (Wildman–Crippen MR) is 87.7 cm³/mol. The van der Waals surface area contributed by atoms with E-state index in [4.69, 9.17) is 0 Å². The highest BCUT2D eigenvalue weighted by atomic mass is 32.2. The zero-order valence-electron chi connectivity index (χ0n) is 13.2. The standard InChI is InChI=1S/C16H28N4S/c1-13-6-8-14(9-7-13)17-10-12-21-16-19-18-15-5-3-2-4-11-20(15)16/h13-14,17H,2-12H2,1H3. The van der Waals surface area contributed by atoms with Crippen LogP contribution in [0.2, 0.25) is 0 Å². The fourth-order valence-corrected chi connectivity index (χ4v) is 4.29. The summed E-state index contributed by atoms with van der Waals surface area (Å²) in [7, 11) is 0. The third-order valence-electron chi connectivity index (χ3n) is 4.86. The van der Waals surface area contributed by atoms with Gasteiger partial charge in [0, 0.05) is 31.3 Å². The first-order chi connectivity index (χ1) is 10.3. The Balaban J connectivity index is 1.40. The minimum atomic E-state index is 0.748. The Hall–Kier alpha value is -0.550. The van der Waals surface area contributed by atoms with Crippen LogP contribution in [-0.4, -0.2) is 33.1 Å². The van der Waals surface area contributed by atoms with Crippen molar-refractivity contribution in [1.82, 2.24) is 20.1 Å². The second kappa shape index (κ2) is 7.63. The van der Waals surface area contributed by atoms with Gasteiger partial charge in [-0.3, -0.25) is 0 Å². The maximum Gasteiger partial charge on any atom is 0.191 e. The van der Waals surface area contributed by atoms with Gasteiger partial charge in [-0.1, -0.05) is 25.1 Å². The highest BCUT2D eigenvalue weighted by Gasteiger charge is 2.18. The molecule has 0 saturated heterocycles. The maximum absolute atomic E-state index is 4.38. The topological polar surface area (TPSA) is 42.7 Å². The molecule has 21 heavy (non-hydrogen) atoms. The van der Waals surface area contributed by atoms with Gasteiger partial charge < -0.3 is 9.88 Å². The number of aromatic nitrogens is 3. The van der Waals surface area contributed by atoms with Crippen molar-refractivity contribution in [3.63, 3.8) is 0 Å². The van der Waals surface area contributed by atoms with Crippen molar-refractivity contribution in [2.45, 2.75) is 76.0 Å². The molecular formula is C16H28N4S. The number of fused-ring (bicyclic) bond motifs is 1. The summed E-state index contributed by atoms with van der Waals surface area (Å²) < 4.78 is 2.35. The molecule has 0 atom stereocenters. The first kappa shape index (κ1) is 15.3. The molecule has 1 aliphatic heterocycles. The highest BCUT2D eigenvalue weighted by Crippen LogP contribution is 2.24. The van der Waals surface area contributed by atoms with Crippen LogP contribution in [0.15, 0.2) is 5.16 Å². The molecule has 4 nitrogen and oxygen atoms in total. The molecule has 1 aromatic heterocycles. The molecular weight excluding hydrogens is 280 g/mol. The summed E-state index contributed by atoms with van der Waals surface area (Å²) in [6, 6.07) is 0.748. The summed E-state index contributed by atoms with van der Waals surface area (Å²) in [5.41, 5.74) is 0. The molecule has 0 spiro atoms. The quantitative estimate of drug-likeness (QED) is 0.670. The van der Waals surface area contributed by atoms with Crippen LogP contribution in [-0.2, 0) is 13.0 Å². The minimum absolute atomic E-state index is 0.748. The molecule has 1 aliphatic carbocycles. The van der Waals surface area contributed by atoms with Crippen molar-refractivity contribution >= 4 is 11.8 Å². The molecule has 1 aromatic rings. The van der Waals surface area contributed by atoms with Gasteiger partial charge in [0.25, 0.3) is 0 Å². The van der Waals surface area contributed by atoms with E-state index in [2.05, 4.69) is 27.0 Å². The summed E-state index contributed by atoms with van der Waals surface area (Å²) >= 11 is 1.87. The number of nitrogens with zero attached hydrogens (tertiary/aromatic N) is 3. The van der Waals surface area contributed by atoms with Crippen LogP contribution >= 0.6 is 11.8 Å².